The summed E-state index contributed by atoms with van der Waals surface area (Å²) in [5, 5.41) is 23.5. The van der Waals surface area contributed by atoms with Gasteiger partial charge in [-0.2, -0.15) is 18.4 Å². The largest absolute Gasteiger partial charge is 0.416 e. The molecule has 0 saturated carbocycles. The lowest BCUT2D eigenvalue weighted by Gasteiger charge is -2.34. The van der Waals surface area contributed by atoms with Crippen molar-refractivity contribution < 1.29 is 22.9 Å². The number of hydrogen-bond acceptors (Lipinski definition) is 5. The summed E-state index contributed by atoms with van der Waals surface area (Å²) in [5.74, 6) is -0.395. The number of carbonyl (C=O) groups is 1. The van der Waals surface area contributed by atoms with E-state index in [4.69, 9.17) is 0 Å². The van der Waals surface area contributed by atoms with Crippen LogP contribution < -0.4 is 10.2 Å². The number of benzene rings is 1. The molecule has 2 rings (SSSR count). The Hall–Kier alpha value is -2.83. The first-order valence-corrected chi connectivity index (χ1v) is 9.70. The van der Waals surface area contributed by atoms with Gasteiger partial charge in [0.1, 0.15) is 11.2 Å². The van der Waals surface area contributed by atoms with Gasteiger partial charge in [0.25, 0.3) is 5.69 Å². The fraction of sp³-hybridized carbons (Fsp3) is 0.600. The molecule has 1 aromatic rings. The summed E-state index contributed by atoms with van der Waals surface area (Å²) in [6.07, 6.45) is -3.40. The molecule has 1 atom stereocenters. The molecule has 1 amide bonds. The maximum atomic E-state index is 12.9. The molecule has 1 aliphatic rings. The van der Waals surface area contributed by atoms with Crippen LogP contribution in [0.2, 0.25) is 0 Å². The van der Waals surface area contributed by atoms with Crippen molar-refractivity contribution in [2.45, 2.75) is 51.7 Å². The second-order valence-electron chi connectivity index (χ2n) is 8.25. The van der Waals surface area contributed by atoms with Crippen LogP contribution in [0.5, 0.6) is 0 Å². The molecule has 1 fully saturated rings. The Morgan fingerprint density at radius 1 is 1.37 bits per heavy atom. The van der Waals surface area contributed by atoms with Crippen molar-refractivity contribution in [1.82, 2.24) is 5.32 Å². The van der Waals surface area contributed by atoms with E-state index >= 15 is 0 Å². The van der Waals surface area contributed by atoms with Crippen LogP contribution in [-0.4, -0.2) is 29.5 Å². The van der Waals surface area contributed by atoms with E-state index in [9.17, 15) is 33.3 Å². The van der Waals surface area contributed by atoms with Gasteiger partial charge in [0.05, 0.1) is 16.6 Å². The lowest BCUT2D eigenvalue weighted by molar-refractivity contribution is -0.384. The fourth-order valence-electron chi connectivity index (χ4n) is 3.81. The highest BCUT2D eigenvalue weighted by Gasteiger charge is 2.36. The van der Waals surface area contributed by atoms with Crippen molar-refractivity contribution in [3.05, 3.63) is 33.9 Å². The van der Waals surface area contributed by atoms with Crippen LogP contribution >= 0.6 is 0 Å². The molecule has 164 valence electrons. The second-order valence-corrected chi connectivity index (χ2v) is 8.25. The number of nitro groups is 1. The molecule has 0 aromatic heterocycles. The van der Waals surface area contributed by atoms with Crippen molar-refractivity contribution >= 4 is 17.3 Å². The van der Waals surface area contributed by atoms with E-state index in [1.54, 1.807) is 11.8 Å². The number of amides is 1. The van der Waals surface area contributed by atoms with E-state index < -0.39 is 27.9 Å². The standard InChI is InChI=1S/C20H25F3N4O3/c1-13(2)11-19(3,12-24)25-18(28)14-6-8-26(9-7-14)16-5-4-15(20(21,22)23)10-17(16)27(29)30/h4-5,10,13-14H,6-9,11H2,1-3H3,(H,25,28)/t19-/m1/s1. The third-order valence-corrected chi connectivity index (χ3v) is 5.17. The van der Waals surface area contributed by atoms with Gasteiger partial charge in [-0.1, -0.05) is 13.8 Å². The smallest absolute Gasteiger partial charge is 0.366 e. The number of piperidine rings is 1. The minimum atomic E-state index is -4.67. The number of hydrogen-bond donors (Lipinski definition) is 1. The Morgan fingerprint density at radius 3 is 2.43 bits per heavy atom. The predicted octanol–water partition coefficient (Wildman–Crippen LogP) is 4.27. The molecule has 1 aromatic carbocycles. The van der Waals surface area contributed by atoms with Gasteiger partial charge in [-0.3, -0.25) is 14.9 Å². The highest BCUT2D eigenvalue weighted by atomic mass is 19.4. The summed E-state index contributed by atoms with van der Waals surface area (Å²) in [6.45, 7) is 6.16. The molecule has 7 nitrogen and oxygen atoms in total. The van der Waals surface area contributed by atoms with Gasteiger partial charge in [-0.15, -0.1) is 0 Å². The summed E-state index contributed by atoms with van der Waals surface area (Å²) >= 11 is 0. The molecule has 1 heterocycles. The zero-order valence-corrected chi connectivity index (χ0v) is 17.1. The third kappa shape index (κ3) is 5.62. The van der Waals surface area contributed by atoms with Crippen LogP contribution in [0.4, 0.5) is 24.5 Å². The number of nitriles is 1. The molecule has 10 heteroatoms. The van der Waals surface area contributed by atoms with Gasteiger partial charge < -0.3 is 10.2 Å². The van der Waals surface area contributed by atoms with Gasteiger partial charge in [0.2, 0.25) is 5.91 Å². The molecule has 0 spiro atoms. The molecule has 0 bridgehead atoms. The highest BCUT2D eigenvalue weighted by Crippen LogP contribution is 2.37. The average Bonchev–Trinajstić information content (AvgIpc) is 2.66. The first-order valence-electron chi connectivity index (χ1n) is 9.70. The first-order chi connectivity index (χ1) is 13.9. The Morgan fingerprint density at radius 2 is 1.97 bits per heavy atom. The summed E-state index contributed by atoms with van der Waals surface area (Å²) < 4.78 is 38.7. The lowest BCUT2D eigenvalue weighted by Crippen LogP contribution is -2.50. The number of rotatable bonds is 6. The molecule has 0 radical (unpaired) electrons. The Balaban J connectivity index is 2.09. The molecule has 1 N–H and O–H groups in total. The van der Waals surface area contributed by atoms with Crippen molar-refractivity contribution in [3.8, 4) is 6.07 Å². The number of nitrogens with zero attached hydrogens (tertiary/aromatic N) is 3. The van der Waals surface area contributed by atoms with E-state index in [1.165, 1.54) is 0 Å². The Labute approximate surface area is 173 Å². The molecule has 0 unspecified atom stereocenters. The van der Waals surface area contributed by atoms with Crippen molar-refractivity contribution in [1.29, 1.82) is 5.26 Å². The van der Waals surface area contributed by atoms with Crippen LogP contribution in [-0.2, 0) is 11.0 Å². The normalized spacial score (nSPS) is 17.3. The van der Waals surface area contributed by atoms with Crippen molar-refractivity contribution in [2.24, 2.45) is 11.8 Å². The van der Waals surface area contributed by atoms with Crippen LogP contribution in [0.3, 0.4) is 0 Å². The van der Waals surface area contributed by atoms with Gasteiger partial charge >= 0.3 is 6.18 Å². The molecular formula is C20H25F3N4O3. The molecule has 30 heavy (non-hydrogen) atoms. The Kier molecular flexibility index (Phi) is 6.95. The second kappa shape index (κ2) is 8.90. The quantitative estimate of drug-likeness (QED) is 0.541. The number of halogens is 3. The summed E-state index contributed by atoms with van der Waals surface area (Å²) in [5.41, 5.74) is -2.56. The molecule has 1 aliphatic heterocycles. The molecular weight excluding hydrogens is 401 g/mol. The van der Waals surface area contributed by atoms with Gasteiger partial charge in [0.15, 0.2) is 0 Å². The topological polar surface area (TPSA) is 99.3 Å². The molecule has 1 saturated heterocycles. The van der Waals surface area contributed by atoms with Crippen LogP contribution in [0.1, 0.15) is 45.6 Å². The SMILES string of the molecule is CC(C)C[C@](C)(C#N)NC(=O)C1CCN(c2ccc(C(F)(F)F)cc2[N+](=O)[O-])CC1. The van der Waals surface area contributed by atoms with E-state index in [2.05, 4.69) is 11.4 Å². The minimum absolute atomic E-state index is 0.105. The van der Waals surface area contributed by atoms with Gasteiger partial charge in [-0.25, -0.2) is 0 Å². The maximum Gasteiger partial charge on any atom is 0.416 e. The number of alkyl halides is 3. The van der Waals surface area contributed by atoms with Crippen LogP contribution in [0.15, 0.2) is 18.2 Å². The van der Waals surface area contributed by atoms with E-state index in [0.29, 0.717) is 25.3 Å². The van der Waals surface area contributed by atoms with Crippen molar-refractivity contribution in [3.63, 3.8) is 0 Å². The monoisotopic (exact) mass is 426 g/mol. The number of nitrogens with one attached hydrogen (secondary N) is 1. The third-order valence-electron chi connectivity index (χ3n) is 5.17. The zero-order valence-electron chi connectivity index (χ0n) is 17.1. The molecule has 0 aliphatic carbocycles. The first kappa shape index (κ1) is 23.4. The van der Waals surface area contributed by atoms with Crippen LogP contribution in [0, 0.1) is 33.3 Å². The number of anilines is 1. The van der Waals surface area contributed by atoms with Crippen molar-refractivity contribution in [2.75, 3.05) is 18.0 Å². The Bertz CT molecular complexity index is 843. The highest BCUT2D eigenvalue weighted by molar-refractivity contribution is 5.80. The predicted molar refractivity (Wildman–Crippen MR) is 105 cm³/mol. The average molecular weight is 426 g/mol. The van der Waals surface area contributed by atoms with E-state index in [0.717, 1.165) is 12.1 Å². The lowest BCUT2D eigenvalue weighted by atomic mass is 9.89. The van der Waals surface area contributed by atoms with Crippen LogP contribution in [0.25, 0.3) is 0 Å². The van der Waals surface area contributed by atoms with Gasteiger partial charge in [0, 0.05) is 25.1 Å². The minimum Gasteiger partial charge on any atom is -0.366 e. The van der Waals surface area contributed by atoms with Gasteiger partial charge in [-0.05, 0) is 44.2 Å². The summed E-state index contributed by atoms with van der Waals surface area (Å²) in [6, 6.07) is 4.62. The fourth-order valence-corrected chi connectivity index (χ4v) is 3.81. The summed E-state index contributed by atoms with van der Waals surface area (Å²) in [4.78, 5) is 24.7. The number of nitro benzene ring substituents is 1. The zero-order chi connectivity index (χ0) is 22.7. The van der Waals surface area contributed by atoms with E-state index in [-0.39, 0.29) is 36.5 Å². The van der Waals surface area contributed by atoms with E-state index in [1.807, 2.05) is 13.8 Å². The maximum absolute atomic E-state index is 12.9. The number of carbonyl (C=O) groups excluding carboxylic acids is 1. The summed E-state index contributed by atoms with van der Waals surface area (Å²) in [7, 11) is 0.